The molecule has 8 nitrogen and oxygen atoms in total. The van der Waals surface area contributed by atoms with Gasteiger partial charge in [-0.15, -0.1) is 0 Å². The standard InChI is InChI=1S/C28H23ClN2O6S2/c1-2-34-23-11-17(7-9-21(23)35-15-26(32)30-20-6-4-3-5-19(20)29)13-25-27(33)31(28(38)39-25)14-18-8-10-22-24(12-18)37-16-36-22/h3-13H,2,14-16H2,1H3,(H,30,32)/b25-13-. The number of amides is 2. The number of ether oxygens (including phenoxy) is 4. The maximum absolute atomic E-state index is 13.2. The number of nitrogens with one attached hydrogen (secondary N) is 1. The van der Waals surface area contributed by atoms with Crippen molar-refractivity contribution in [2.24, 2.45) is 0 Å². The monoisotopic (exact) mass is 582 g/mol. The Bertz CT molecular complexity index is 1480. The summed E-state index contributed by atoms with van der Waals surface area (Å²) in [5.41, 5.74) is 2.12. The lowest BCUT2D eigenvalue weighted by atomic mass is 10.1. The number of halogens is 1. The normalized spacial score (nSPS) is 15.1. The molecule has 3 aromatic rings. The number of anilines is 1. The van der Waals surface area contributed by atoms with Crippen LogP contribution in [0.25, 0.3) is 6.08 Å². The number of hydrogen-bond donors (Lipinski definition) is 1. The van der Waals surface area contributed by atoms with Gasteiger partial charge in [-0.3, -0.25) is 14.5 Å². The molecule has 2 heterocycles. The van der Waals surface area contributed by atoms with Crippen molar-refractivity contribution in [3.63, 3.8) is 0 Å². The Morgan fingerprint density at radius 3 is 2.74 bits per heavy atom. The lowest BCUT2D eigenvalue weighted by Crippen LogP contribution is -2.27. The van der Waals surface area contributed by atoms with Crippen LogP contribution in [0.15, 0.2) is 65.6 Å². The lowest BCUT2D eigenvalue weighted by Gasteiger charge is -2.15. The second kappa shape index (κ2) is 12.0. The molecule has 11 heteroatoms. The van der Waals surface area contributed by atoms with Crippen LogP contribution in [0.5, 0.6) is 23.0 Å². The first-order valence-corrected chi connectivity index (χ1v) is 13.6. The van der Waals surface area contributed by atoms with Crippen molar-refractivity contribution in [3.05, 3.63) is 81.7 Å². The number of hydrogen-bond acceptors (Lipinski definition) is 8. The maximum atomic E-state index is 13.2. The molecule has 2 amide bonds. The van der Waals surface area contributed by atoms with Crippen LogP contribution in [-0.4, -0.2) is 41.0 Å². The highest BCUT2D eigenvalue weighted by molar-refractivity contribution is 8.26. The van der Waals surface area contributed by atoms with Gasteiger partial charge in [0.1, 0.15) is 4.32 Å². The molecule has 0 unspecified atom stereocenters. The third kappa shape index (κ3) is 6.30. The van der Waals surface area contributed by atoms with Crippen LogP contribution in [0.3, 0.4) is 0 Å². The summed E-state index contributed by atoms with van der Waals surface area (Å²) >= 11 is 12.8. The molecule has 2 aliphatic rings. The number of thiocarbonyl (C=S) groups is 1. The van der Waals surface area contributed by atoms with Crippen LogP contribution in [0.2, 0.25) is 5.02 Å². The minimum Gasteiger partial charge on any atom is -0.490 e. The van der Waals surface area contributed by atoms with Gasteiger partial charge < -0.3 is 24.3 Å². The fourth-order valence-corrected chi connectivity index (χ4v) is 5.34. The Morgan fingerprint density at radius 2 is 1.92 bits per heavy atom. The molecule has 0 aromatic heterocycles. The number of para-hydroxylation sites is 1. The van der Waals surface area contributed by atoms with E-state index in [0.717, 1.165) is 11.1 Å². The maximum Gasteiger partial charge on any atom is 0.266 e. The molecule has 3 aromatic carbocycles. The number of thioether (sulfide) groups is 1. The average Bonchev–Trinajstić information content (AvgIpc) is 3.49. The summed E-state index contributed by atoms with van der Waals surface area (Å²) in [4.78, 5) is 27.6. The molecule has 0 saturated carbocycles. The number of nitrogens with zero attached hydrogens (tertiary/aromatic N) is 1. The summed E-state index contributed by atoms with van der Waals surface area (Å²) in [5, 5.41) is 3.15. The third-order valence-electron chi connectivity index (χ3n) is 5.72. The number of fused-ring (bicyclic) bond motifs is 1. The van der Waals surface area contributed by atoms with Gasteiger partial charge in [0.15, 0.2) is 29.6 Å². The van der Waals surface area contributed by atoms with Crippen LogP contribution in [0, 0.1) is 0 Å². The zero-order valence-electron chi connectivity index (χ0n) is 20.8. The molecular weight excluding hydrogens is 560 g/mol. The molecular formula is C28H23ClN2O6S2. The summed E-state index contributed by atoms with van der Waals surface area (Å²) < 4.78 is 22.7. The van der Waals surface area contributed by atoms with Crippen LogP contribution < -0.4 is 24.3 Å². The third-order valence-corrected chi connectivity index (χ3v) is 7.43. The van der Waals surface area contributed by atoms with E-state index in [2.05, 4.69) is 5.32 Å². The molecule has 0 atom stereocenters. The number of rotatable bonds is 9. The molecule has 1 saturated heterocycles. The predicted octanol–water partition coefficient (Wildman–Crippen LogP) is 5.89. The first-order valence-electron chi connectivity index (χ1n) is 12.0. The molecule has 0 spiro atoms. The van der Waals surface area contributed by atoms with Gasteiger partial charge in [0.25, 0.3) is 11.8 Å². The highest BCUT2D eigenvalue weighted by Gasteiger charge is 2.32. The first-order chi connectivity index (χ1) is 18.9. The van der Waals surface area contributed by atoms with Gasteiger partial charge in [0.2, 0.25) is 6.79 Å². The first kappa shape index (κ1) is 26.9. The van der Waals surface area contributed by atoms with Crippen molar-refractivity contribution in [3.8, 4) is 23.0 Å². The van der Waals surface area contributed by atoms with E-state index in [1.165, 1.54) is 11.8 Å². The van der Waals surface area contributed by atoms with E-state index in [0.29, 0.717) is 56.1 Å². The highest BCUT2D eigenvalue weighted by atomic mass is 35.5. The highest BCUT2D eigenvalue weighted by Crippen LogP contribution is 2.37. The predicted molar refractivity (Wildman–Crippen MR) is 154 cm³/mol. The van der Waals surface area contributed by atoms with E-state index in [4.69, 9.17) is 42.8 Å². The van der Waals surface area contributed by atoms with Crippen molar-refractivity contribution in [2.45, 2.75) is 13.5 Å². The number of carbonyl (C=O) groups is 2. The fourth-order valence-electron chi connectivity index (χ4n) is 3.90. The summed E-state index contributed by atoms with van der Waals surface area (Å²) in [6.45, 7) is 2.52. The van der Waals surface area contributed by atoms with Crippen LogP contribution >= 0.6 is 35.6 Å². The minimum atomic E-state index is -0.360. The topological polar surface area (TPSA) is 86.3 Å². The lowest BCUT2D eigenvalue weighted by molar-refractivity contribution is -0.122. The summed E-state index contributed by atoms with van der Waals surface area (Å²) in [5.74, 6) is 1.65. The second-order valence-electron chi connectivity index (χ2n) is 8.41. The van der Waals surface area contributed by atoms with E-state index < -0.39 is 0 Å². The van der Waals surface area contributed by atoms with Crippen molar-refractivity contribution in [1.82, 2.24) is 4.90 Å². The molecule has 5 rings (SSSR count). The van der Waals surface area contributed by atoms with Crippen molar-refractivity contribution in [2.75, 3.05) is 25.3 Å². The summed E-state index contributed by atoms with van der Waals surface area (Å²) in [6.07, 6.45) is 1.76. The Labute approximate surface area is 239 Å². The molecule has 0 radical (unpaired) electrons. The fraction of sp³-hybridized carbons (Fsp3) is 0.179. The van der Waals surface area contributed by atoms with Gasteiger partial charge in [-0.05, 0) is 60.5 Å². The average molecular weight is 583 g/mol. The van der Waals surface area contributed by atoms with Crippen LogP contribution in [0.4, 0.5) is 5.69 Å². The van der Waals surface area contributed by atoms with Gasteiger partial charge in [-0.1, -0.05) is 59.8 Å². The second-order valence-corrected chi connectivity index (χ2v) is 10.5. The SMILES string of the molecule is CCOc1cc(/C=C2\SC(=S)N(Cc3ccc4c(c3)OCO4)C2=O)ccc1OCC(=O)Nc1ccccc1Cl. The summed E-state index contributed by atoms with van der Waals surface area (Å²) in [7, 11) is 0. The Morgan fingerprint density at radius 1 is 1.10 bits per heavy atom. The van der Waals surface area contributed by atoms with E-state index in [1.807, 2.05) is 25.1 Å². The van der Waals surface area contributed by atoms with Gasteiger partial charge in [-0.25, -0.2) is 0 Å². The Balaban J connectivity index is 1.26. The van der Waals surface area contributed by atoms with E-state index >= 15 is 0 Å². The van der Waals surface area contributed by atoms with Crippen molar-refractivity contribution in [1.29, 1.82) is 0 Å². The molecule has 39 heavy (non-hydrogen) atoms. The zero-order chi connectivity index (χ0) is 27.4. The van der Waals surface area contributed by atoms with E-state index in [-0.39, 0.29) is 25.2 Å². The Kier molecular flexibility index (Phi) is 8.25. The van der Waals surface area contributed by atoms with Crippen LogP contribution in [-0.2, 0) is 16.1 Å². The smallest absolute Gasteiger partial charge is 0.266 e. The van der Waals surface area contributed by atoms with Crippen molar-refractivity contribution >= 4 is 63.5 Å². The molecule has 0 aliphatic carbocycles. The largest absolute Gasteiger partial charge is 0.490 e. The molecule has 1 fully saturated rings. The zero-order valence-corrected chi connectivity index (χ0v) is 23.2. The quantitative estimate of drug-likeness (QED) is 0.247. The Hall–Kier alpha value is -3.73. The van der Waals surface area contributed by atoms with E-state index in [1.54, 1.807) is 53.4 Å². The molecule has 2 aliphatic heterocycles. The van der Waals surface area contributed by atoms with E-state index in [9.17, 15) is 9.59 Å². The van der Waals surface area contributed by atoms with Crippen molar-refractivity contribution < 1.29 is 28.5 Å². The number of benzene rings is 3. The molecule has 1 N–H and O–H groups in total. The number of carbonyl (C=O) groups excluding carboxylic acids is 2. The minimum absolute atomic E-state index is 0.183. The van der Waals surface area contributed by atoms with Gasteiger partial charge in [0, 0.05) is 0 Å². The van der Waals surface area contributed by atoms with Gasteiger partial charge in [0.05, 0.1) is 28.8 Å². The molecule has 0 bridgehead atoms. The van der Waals surface area contributed by atoms with Gasteiger partial charge >= 0.3 is 0 Å². The van der Waals surface area contributed by atoms with Gasteiger partial charge in [-0.2, -0.15) is 0 Å². The molecule has 200 valence electrons. The van der Waals surface area contributed by atoms with Crippen LogP contribution in [0.1, 0.15) is 18.1 Å². The summed E-state index contributed by atoms with van der Waals surface area (Å²) in [6, 6.07) is 17.8.